The number of benzene rings is 2. The summed E-state index contributed by atoms with van der Waals surface area (Å²) in [6.07, 6.45) is 1.90. The molecule has 0 bridgehead atoms. The van der Waals surface area contributed by atoms with E-state index in [-0.39, 0.29) is 60.3 Å². The largest absolute Gasteiger partial charge is 0.461 e. The van der Waals surface area contributed by atoms with E-state index in [1.54, 1.807) is 6.07 Å². The number of alkyl halides is 3. The number of carbonyl (C=O) groups is 1. The number of nitrogens with two attached hydrogens (primary N) is 1. The van der Waals surface area contributed by atoms with Gasteiger partial charge in [0.05, 0.1) is 20.8 Å². The van der Waals surface area contributed by atoms with Crippen LogP contribution in [0.5, 0.6) is 6.01 Å². The number of fused-ring (bicyclic) bond motifs is 3. The Morgan fingerprint density at radius 1 is 1.13 bits per heavy atom. The molecular weight excluding hydrogens is 725 g/mol. The number of hydrogen-bond acceptors (Lipinski definition) is 9. The van der Waals surface area contributed by atoms with Gasteiger partial charge in [0.25, 0.3) is 5.92 Å². The van der Waals surface area contributed by atoms with Gasteiger partial charge in [-0.05, 0) is 49.9 Å². The molecule has 52 heavy (non-hydrogen) atoms. The summed E-state index contributed by atoms with van der Waals surface area (Å²) >= 11 is 7.74. The van der Waals surface area contributed by atoms with Crippen molar-refractivity contribution in [2.75, 3.05) is 56.5 Å². The van der Waals surface area contributed by atoms with E-state index in [4.69, 9.17) is 27.1 Å². The van der Waals surface area contributed by atoms with Crippen LogP contribution in [0, 0.1) is 34.3 Å². The van der Waals surface area contributed by atoms with Crippen molar-refractivity contribution in [3.8, 4) is 23.2 Å². The molecule has 1 aliphatic carbocycles. The van der Waals surface area contributed by atoms with Crippen molar-refractivity contribution in [1.82, 2.24) is 19.8 Å². The van der Waals surface area contributed by atoms with Crippen molar-refractivity contribution >= 4 is 60.7 Å². The minimum atomic E-state index is -2.91. The van der Waals surface area contributed by atoms with Crippen LogP contribution in [0.4, 0.5) is 32.8 Å². The molecule has 2 aromatic carbocycles. The number of aromatic nitrogens is 2. The first-order chi connectivity index (χ1) is 24.8. The molecule has 272 valence electrons. The van der Waals surface area contributed by atoms with Gasteiger partial charge in [0.1, 0.15) is 46.9 Å². The molecule has 16 heteroatoms. The van der Waals surface area contributed by atoms with Crippen LogP contribution in [0.25, 0.3) is 32.1 Å². The number of nitriles is 1. The zero-order valence-corrected chi connectivity index (χ0v) is 29.4. The summed E-state index contributed by atoms with van der Waals surface area (Å²) < 4.78 is 80.0. The van der Waals surface area contributed by atoms with Crippen LogP contribution in [0.15, 0.2) is 18.2 Å². The van der Waals surface area contributed by atoms with Gasteiger partial charge in [-0.15, -0.1) is 11.3 Å². The molecule has 1 spiro atoms. The number of carbonyl (C=O) groups excluding carboxylic acids is 1. The van der Waals surface area contributed by atoms with Crippen molar-refractivity contribution in [2.45, 2.75) is 56.2 Å². The normalized spacial score (nSPS) is 26.2. The number of halogens is 6. The SMILES string of the molecule is N#Cc1c(N)sc2c(F)ccc(-c3c(Cl)cc4c(N5CCC6(CC5)CN(C(=O)C5CC5(F)F)C6)nc(OC[C@@]56CCCN5C[C@H](F)C6)nc4c3F)c12. The van der Waals surface area contributed by atoms with Gasteiger partial charge in [-0.2, -0.15) is 15.2 Å². The third kappa shape index (κ3) is 5.19. The van der Waals surface area contributed by atoms with Gasteiger partial charge in [-0.3, -0.25) is 9.69 Å². The second-order valence-electron chi connectivity index (χ2n) is 15.1. The topological polar surface area (TPSA) is 112 Å². The molecular formula is C36H33ClF5N7O2S. The highest BCUT2D eigenvalue weighted by Gasteiger charge is 2.64. The molecule has 3 atom stereocenters. The predicted molar refractivity (Wildman–Crippen MR) is 186 cm³/mol. The maximum Gasteiger partial charge on any atom is 0.319 e. The quantitative estimate of drug-likeness (QED) is 0.211. The minimum absolute atomic E-state index is 0.0102. The molecule has 2 aromatic heterocycles. The van der Waals surface area contributed by atoms with E-state index in [1.165, 1.54) is 17.0 Å². The van der Waals surface area contributed by atoms with E-state index < -0.39 is 47.5 Å². The fourth-order valence-electron chi connectivity index (χ4n) is 9.00. The molecule has 5 fully saturated rings. The van der Waals surface area contributed by atoms with Gasteiger partial charge in [0.2, 0.25) is 5.91 Å². The maximum atomic E-state index is 17.0. The number of nitrogen functional groups attached to an aromatic ring is 1. The third-order valence-corrected chi connectivity index (χ3v) is 13.2. The maximum absolute atomic E-state index is 17.0. The van der Waals surface area contributed by atoms with E-state index in [0.717, 1.165) is 30.7 Å². The van der Waals surface area contributed by atoms with Gasteiger partial charge >= 0.3 is 6.01 Å². The van der Waals surface area contributed by atoms with Crippen LogP contribution in [0.1, 0.15) is 44.1 Å². The lowest BCUT2D eigenvalue weighted by Gasteiger charge is -2.54. The summed E-state index contributed by atoms with van der Waals surface area (Å²) in [6.45, 7) is 2.98. The summed E-state index contributed by atoms with van der Waals surface area (Å²) in [5.74, 6) is -5.66. The van der Waals surface area contributed by atoms with Crippen LogP contribution < -0.4 is 15.4 Å². The Labute approximate surface area is 304 Å². The van der Waals surface area contributed by atoms with Gasteiger partial charge in [-0.1, -0.05) is 17.7 Å². The fraction of sp³-hybridized carbons (Fsp3) is 0.500. The molecule has 5 aliphatic rings. The van der Waals surface area contributed by atoms with Crippen molar-refractivity contribution in [1.29, 1.82) is 5.26 Å². The van der Waals surface area contributed by atoms with E-state index in [2.05, 4.69) is 9.88 Å². The number of piperidine rings is 1. The average Bonchev–Trinajstić information content (AvgIpc) is 3.34. The number of nitrogens with zero attached hydrogens (tertiary/aromatic N) is 6. The average molecular weight is 758 g/mol. The summed E-state index contributed by atoms with van der Waals surface area (Å²) in [7, 11) is 0. The highest BCUT2D eigenvalue weighted by molar-refractivity contribution is 7.23. The molecule has 9 nitrogen and oxygen atoms in total. The third-order valence-electron chi connectivity index (χ3n) is 11.9. The first-order valence-corrected chi connectivity index (χ1v) is 18.6. The minimum Gasteiger partial charge on any atom is -0.461 e. The molecule has 1 unspecified atom stereocenters. The monoisotopic (exact) mass is 757 g/mol. The number of hydrogen-bond donors (Lipinski definition) is 1. The number of anilines is 2. The summed E-state index contributed by atoms with van der Waals surface area (Å²) in [5, 5.41) is 10.4. The molecule has 0 radical (unpaired) electrons. The van der Waals surface area contributed by atoms with E-state index in [1.807, 2.05) is 11.0 Å². The standard InChI is InChI=1S/C36H33ClF5N7O2S/c37-23-10-20-28(27(40)26(23)19-2-3-24(39)29-25(19)21(13-43)30(44)52-29)45-33(51-17-35-4-1-7-49(35)14-18(38)11-35)46-31(20)47-8-5-34(6-9-47)15-48(16-34)32(50)22-12-36(22,41)42/h2-3,10,18,22H,1,4-9,11-12,14-17,44H2/t18-,22?,35+/m1/s1. The summed E-state index contributed by atoms with van der Waals surface area (Å²) in [5.41, 5.74) is 5.36. The van der Waals surface area contributed by atoms with Crippen molar-refractivity contribution in [3.63, 3.8) is 0 Å². The molecule has 4 aromatic rings. The van der Waals surface area contributed by atoms with Crippen molar-refractivity contribution in [3.05, 3.63) is 40.4 Å². The lowest BCUT2D eigenvalue weighted by Crippen LogP contribution is -2.62. The van der Waals surface area contributed by atoms with Crippen molar-refractivity contribution < 1.29 is 31.5 Å². The number of amides is 1. The number of ether oxygens (including phenoxy) is 1. The predicted octanol–water partition coefficient (Wildman–Crippen LogP) is 6.94. The Hall–Kier alpha value is -4.00. The van der Waals surface area contributed by atoms with Crippen molar-refractivity contribution in [2.24, 2.45) is 11.3 Å². The molecule has 6 heterocycles. The van der Waals surface area contributed by atoms with Crippen LogP contribution in [-0.2, 0) is 4.79 Å². The van der Waals surface area contributed by atoms with Gasteiger partial charge in [0, 0.05) is 67.3 Å². The van der Waals surface area contributed by atoms with Crippen LogP contribution in [0.2, 0.25) is 5.02 Å². The Morgan fingerprint density at radius 2 is 1.88 bits per heavy atom. The molecule has 1 saturated carbocycles. The fourth-order valence-corrected chi connectivity index (χ4v) is 10.2. The summed E-state index contributed by atoms with van der Waals surface area (Å²) in [6, 6.07) is 6.01. The lowest BCUT2D eigenvalue weighted by atomic mass is 9.71. The zero-order valence-electron chi connectivity index (χ0n) is 27.8. The second kappa shape index (κ2) is 11.8. The smallest absolute Gasteiger partial charge is 0.319 e. The Kier molecular flexibility index (Phi) is 7.64. The highest BCUT2D eigenvalue weighted by atomic mass is 35.5. The second-order valence-corrected chi connectivity index (χ2v) is 16.5. The Morgan fingerprint density at radius 3 is 2.60 bits per heavy atom. The van der Waals surface area contributed by atoms with Gasteiger partial charge in [-0.25, -0.2) is 22.0 Å². The Bertz CT molecular complexity index is 2210. The molecule has 4 aliphatic heterocycles. The first-order valence-electron chi connectivity index (χ1n) is 17.4. The highest BCUT2D eigenvalue weighted by Crippen LogP contribution is 2.52. The summed E-state index contributed by atoms with van der Waals surface area (Å²) in [4.78, 5) is 27.5. The number of rotatable bonds is 6. The van der Waals surface area contributed by atoms with E-state index in [9.17, 15) is 27.6 Å². The van der Waals surface area contributed by atoms with Gasteiger partial charge < -0.3 is 20.3 Å². The molecule has 2 N–H and O–H groups in total. The lowest BCUT2D eigenvalue weighted by molar-refractivity contribution is -0.148. The zero-order chi connectivity index (χ0) is 36.3. The number of thiophene rings is 1. The molecule has 4 saturated heterocycles. The first kappa shape index (κ1) is 33.8. The van der Waals surface area contributed by atoms with Crippen LogP contribution in [-0.4, -0.2) is 89.2 Å². The van der Waals surface area contributed by atoms with E-state index >= 15 is 4.39 Å². The molecule has 1 amide bonds. The van der Waals surface area contributed by atoms with Crippen LogP contribution in [0.3, 0.4) is 0 Å². The van der Waals surface area contributed by atoms with E-state index in [0.29, 0.717) is 63.2 Å². The van der Waals surface area contributed by atoms with Gasteiger partial charge in [0.15, 0.2) is 5.82 Å². The molecule has 9 rings (SSSR count). The number of likely N-dealkylation sites (tertiary alicyclic amines) is 1. The Balaban J connectivity index is 1.08. The van der Waals surface area contributed by atoms with Crippen LogP contribution >= 0.6 is 22.9 Å².